The molecule has 0 radical (unpaired) electrons. The maximum absolute atomic E-state index is 11.8. The van der Waals surface area contributed by atoms with Gasteiger partial charge in [0.15, 0.2) is 0 Å². The fraction of sp³-hybridized carbons (Fsp3) is 0.647. The average Bonchev–Trinajstić information content (AvgIpc) is 2.42. The van der Waals surface area contributed by atoms with Gasteiger partial charge in [0.25, 0.3) is 0 Å². The normalized spacial score (nSPS) is 15.2. The second-order valence-electron chi connectivity index (χ2n) is 6.26. The van der Waals surface area contributed by atoms with Crippen LogP contribution >= 0.6 is 0 Å². The second kappa shape index (κ2) is 6.93. The van der Waals surface area contributed by atoms with Crippen molar-refractivity contribution in [2.75, 3.05) is 0 Å². The van der Waals surface area contributed by atoms with Gasteiger partial charge in [-0.25, -0.2) is 8.42 Å². The zero-order valence-electron chi connectivity index (χ0n) is 13.9. The largest absolute Gasteiger partial charge is 0.744 e. The predicted molar refractivity (Wildman–Crippen MR) is 85.9 cm³/mol. The molecule has 21 heavy (non-hydrogen) atoms. The fourth-order valence-corrected chi connectivity index (χ4v) is 3.59. The van der Waals surface area contributed by atoms with Crippen LogP contribution in [0.5, 0.6) is 0 Å². The summed E-state index contributed by atoms with van der Waals surface area (Å²) in [6, 6.07) is 3.82. The molecule has 4 heteroatoms. The van der Waals surface area contributed by atoms with Crippen LogP contribution in [0.25, 0.3) is 0 Å². The molecule has 0 fully saturated rings. The third-order valence-corrected chi connectivity index (χ3v) is 5.34. The lowest BCUT2D eigenvalue weighted by Gasteiger charge is -2.26. The Morgan fingerprint density at radius 1 is 0.952 bits per heavy atom. The molecule has 2 atom stereocenters. The van der Waals surface area contributed by atoms with E-state index in [2.05, 4.69) is 13.8 Å². The van der Waals surface area contributed by atoms with E-state index in [0.29, 0.717) is 17.0 Å². The van der Waals surface area contributed by atoms with E-state index >= 15 is 0 Å². The molecule has 0 aromatic heterocycles. The Kier molecular flexibility index (Phi) is 6.00. The molecule has 0 aliphatic rings. The SMILES string of the molecule is CCC(C)c1cc(C(C)C)cc(C(C)CC)c1S(=O)(=O)[O-]. The van der Waals surface area contributed by atoms with E-state index in [1.165, 1.54) is 0 Å². The molecule has 0 N–H and O–H groups in total. The smallest absolute Gasteiger partial charge is 0.124 e. The number of hydrogen-bond acceptors (Lipinski definition) is 3. The minimum atomic E-state index is -4.47. The first-order valence-electron chi connectivity index (χ1n) is 7.76. The van der Waals surface area contributed by atoms with E-state index in [1.807, 2.05) is 39.8 Å². The van der Waals surface area contributed by atoms with Crippen LogP contribution in [0.4, 0.5) is 0 Å². The number of benzene rings is 1. The molecule has 1 aromatic carbocycles. The van der Waals surface area contributed by atoms with E-state index in [9.17, 15) is 13.0 Å². The third kappa shape index (κ3) is 4.07. The Hall–Kier alpha value is -0.870. The van der Waals surface area contributed by atoms with Gasteiger partial charge in [-0.15, -0.1) is 0 Å². The van der Waals surface area contributed by atoms with Crippen LogP contribution in [0.15, 0.2) is 17.0 Å². The van der Waals surface area contributed by atoms with Crippen molar-refractivity contribution in [2.24, 2.45) is 0 Å². The lowest BCUT2D eigenvalue weighted by molar-refractivity contribution is 0.458. The molecule has 3 nitrogen and oxygen atoms in total. The second-order valence-corrected chi connectivity index (χ2v) is 7.57. The Bertz CT molecular complexity index is 557. The van der Waals surface area contributed by atoms with Crippen molar-refractivity contribution in [3.05, 3.63) is 28.8 Å². The van der Waals surface area contributed by atoms with Crippen molar-refractivity contribution < 1.29 is 13.0 Å². The molecular weight excluding hydrogens is 284 g/mol. The van der Waals surface area contributed by atoms with Gasteiger partial charge in [-0.1, -0.05) is 53.7 Å². The van der Waals surface area contributed by atoms with Gasteiger partial charge in [0.05, 0.1) is 4.90 Å². The van der Waals surface area contributed by atoms with Gasteiger partial charge in [-0.3, -0.25) is 0 Å². The molecule has 1 aromatic rings. The zero-order chi connectivity index (χ0) is 16.4. The van der Waals surface area contributed by atoms with E-state index < -0.39 is 10.1 Å². The van der Waals surface area contributed by atoms with Crippen molar-refractivity contribution in [1.82, 2.24) is 0 Å². The lowest BCUT2D eigenvalue weighted by Crippen LogP contribution is -2.13. The summed E-state index contributed by atoms with van der Waals surface area (Å²) in [7, 11) is -4.47. The maximum atomic E-state index is 11.8. The van der Waals surface area contributed by atoms with Gasteiger partial charge in [0.1, 0.15) is 10.1 Å². The summed E-state index contributed by atoms with van der Waals surface area (Å²) in [5.41, 5.74) is 2.48. The summed E-state index contributed by atoms with van der Waals surface area (Å²) < 4.78 is 35.5. The van der Waals surface area contributed by atoms with Crippen molar-refractivity contribution >= 4 is 10.1 Å². The lowest BCUT2D eigenvalue weighted by atomic mass is 9.87. The standard InChI is InChI=1S/C17H28O3S/c1-7-12(5)15-9-14(11(3)4)10-16(13(6)8-2)17(15)21(18,19)20/h9-13H,7-8H2,1-6H3,(H,18,19,20)/p-1. The highest BCUT2D eigenvalue weighted by Gasteiger charge is 2.22. The Morgan fingerprint density at radius 3 is 1.57 bits per heavy atom. The first kappa shape index (κ1) is 18.2. The van der Waals surface area contributed by atoms with Crippen LogP contribution in [0.1, 0.15) is 88.8 Å². The quantitative estimate of drug-likeness (QED) is 0.713. The fourth-order valence-electron chi connectivity index (χ4n) is 2.49. The molecule has 0 aliphatic heterocycles. The highest BCUT2D eigenvalue weighted by atomic mass is 32.2. The molecule has 0 saturated carbocycles. The third-order valence-electron chi connectivity index (χ3n) is 4.37. The molecular formula is C17H27O3S-. The van der Waals surface area contributed by atoms with Gasteiger partial charge in [-0.2, -0.15) is 0 Å². The summed E-state index contributed by atoms with van der Waals surface area (Å²) in [5.74, 6) is 0.425. The molecule has 0 spiro atoms. The van der Waals surface area contributed by atoms with Crippen molar-refractivity contribution in [3.8, 4) is 0 Å². The monoisotopic (exact) mass is 311 g/mol. The highest BCUT2D eigenvalue weighted by molar-refractivity contribution is 7.85. The first-order valence-corrected chi connectivity index (χ1v) is 9.17. The summed E-state index contributed by atoms with van der Waals surface area (Å²) in [5, 5.41) is 0. The first-order chi connectivity index (χ1) is 9.63. The number of rotatable bonds is 6. The van der Waals surface area contributed by atoms with E-state index in [1.54, 1.807) is 0 Å². The van der Waals surface area contributed by atoms with Gasteiger partial charge >= 0.3 is 0 Å². The van der Waals surface area contributed by atoms with Crippen LogP contribution in [0, 0.1) is 0 Å². The van der Waals surface area contributed by atoms with Crippen LogP contribution < -0.4 is 0 Å². The van der Waals surface area contributed by atoms with Crippen LogP contribution in [-0.2, 0) is 10.1 Å². The molecule has 2 unspecified atom stereocenters. The van der Waals surface area contributed by atoms with Crippen LogP contribution in [0.3, 0.4) is 0 Å². The summed E-state index contributed by atoms with van der Waals surface area (Å²) in [4.78, 5) is 0.0237. The molecule has 0 aliphatic carbocycles. The summed E-state index contributed by atoms with van der Waals surface area (Å²) in [6.45, 7) is 12.2. The molecule has 0 amide bonds. The summed E-state index contributed by atoms with van der Waals surface area (Å²) in [6.07, 6.45) is 1.62. The van der Waals surface area contributed by atoms with Gasteiger partial charge in [-0.05, 0) is 47.3 Å². The van der Waals surface area contributed by atoms with Crippen molar-refractivity contribution in [3.63, 3.8) is 0 Å². The van der Waals surface area contributed by atoms with E-state index in [0.717, 1.165) is 18.4 Å². The van der Waals surface area contributed by atoms with Gasteiger partial charge < -0.3 is 4.55 Å². The zero-order valence-corrected chi connectivity index (χ0v) is 14.8. The number of hydrogen-bond donors (Lipinski definition) is 0. The minimum Gasteiger partial charge on any atom is -0.744 e. The van der Waals surface area contributed by atoms with E-state index in [-0.39, 0.29) is 16.7 Å². The van der Waals surface area contributed by atoms with Crippen LogP contribution in [-0.4, -0.2) is 13.0 Å². The minimum absolute atomic E-state index is 0.0237. The molecule has 1 rings (SSSR count). The van der Waals surface area contributed by atoms with Gasteiger partial charge in [0, 0.05) is 0 Å². The van der Waals surface area contributed by atoms with Gasteiger partial charge in [0.2, 0.25) is 0 Å². The Labute approximate surface area is 129 Å². The Morgan fingerprint density at radius 2 is 1.33 bits per heavy atom. The molecule has 120 valence electrons. The summed E-state index contributed by atoms with van der Waals surface area (Å²) >= 11 is 0. The topological polar surface area (TPSA) is 57.2 Å². The molecule has 0 heterocycles. The highest BCUT2D eigenvalue weighted by Crippen LogP contribution is 2.36. The average molecular weight is 311 g/mol. The van der Waals surface area contributed by atoms with Crippen molar-refractivity contribution in [2.45, 2.75) is 77.0 Å². The molecule has 0 saturated heterocycles. The van der Waals surface area contributed by atoms with E-state index in [4.69, 9.17) is 0 Å². The van der Waals surface area contributed by atoms with Crippen molar-refractivity contribution in [1.29, 1.82) is 0 Å². The maximum Gasteiger partial charge on any atom is 0.124 e. The predicted octanol–water partition coefficient (Wildman–Crippen LogP) is 4.74. The Balaban J connectivity index is 3.77. The van der Waals surface area contributed by atoms with Crippen LogP contribution in [0.2, 0.25) is 0 Å². The molecule has 0 bridgehead atoms.